The third-order valence-corrected chi connectivity index (χ3v) is 4.10. The van der Waals surface area contributed by atoms with Gasteiger partial charge in [-0.05, 0) is 18.8 Å². The first-order chi connectivity index (χ1) is 10.7. The molecule has 1 fully saturated rings. The highest BCUT2D eigenvalue weighted by Crippen LogP contribution is 2.37. The molecule has 0 bridgehead atoms. The molecule has 1 saturated carbocycles. The Morgan fingerprint density at radius 1 is 1.36 bits per heavy atom. The second-order valence-electron chi connectivity index (χ2n) is 5.76. The molecular formula is C15H19N7. The molecule has 2 unspecified atom stereocenters. The molecule has 0 spiro atoms. The van der Waals surface area contributed by atoms with E-state index in [9.17, 15) is 0 Å². The minimum Gasteiger partial charge on any atom is -0.371 e. The average Bonchev–Trinajstić information content (AvgIpc) is 3.16. The van der Waals surface area contributed by atoms with Gasteiger partial charge in [0.2, 0.25) is 0 Å². The summed E-state index contributed by atoms with van der Waals surface area (Å²) in [5.41, 5.74) is 1.44. The maximum atomic E-state index is 8.95. The first kappa shape index (κ1) is 14.3. The fraction of sp³-hybridized carbons (Fsp3) is 0.467. The number of aromatic amines is 1. The van der Waals surface area contributed by atoms with Crippen LogP contribution in [-0.4, -0.2) is 27.2 Å². The number of hydrogen-bond acceptors (Lipinski definition) is 6. The molecule has 2 atom stereocenters. The normalized spacial score (nSPS) is 20.6. The van der Waals surface area contributed by atoms with Crippen LogP contribution < -0.4 is 10.6 Å². The first-order valence-electron chi connectivity index (χ1n) is 7.46. The molecule has 7 nitrogen and oxygen atoms in total. The Morgan fingerprint density at radius 2 is 2.23 bits per heavy atom. The number of nitrogens with one attached hydrogen (secondary N) is 3. The largest absolute Gasteiger partial charge is 0.371 e. The van der Waals surface area contributed by atoms with Crippen LogP contribution in [0.3, 0.4) is 0 Å². The minimum atomic E-state index is 0.274. The lowest BCUT2D eigenvalue weighted by atomic mass is 10.0. The Bertz CT molecular complexity index is 700. The van der Waals surface area contributed by atoms with Gasteiger partial charge in [0, 0.05) is 24.7 Å². The molecule has 0 radical (unpaired) electrons. The molecule has 0 amide bonds. The highest BCUT2D eigenvalue weighted by atomic mass is 15.2. The van der Waals surface area contributed by atoms with Gasteiger partial charge in [0.25, 0.3) is 0 Å². The Kier molecular flexibility index (Phi) is 3.92. The van der Waals surface area contributed by atoms with Crippen LogP contribution in [0.15, 0.2) is 12.3 Å². The lowest BCUT2D eigenvalue weighted by Gasteiger charge is -2.06. The van der Waals surface area contributed by atoms with Gasteiger partial charge in [-0.1, -0.05) is 13.3 Å². The number of nitrogens with zero attached hydrogens (tertiary/aromatic N) is 4. The Balaban J connectivity index is 1.74. The lowest BCUT2D eigenvalue weighted by Crippen LogP contribution is -2.02. The van der Waals surface area contributed by atoms with Gasteiger partial charge in [0.1, 0.15) is 6.07 Å². The third-order valence-electron chi connectivity index (χ3n) is 4.10. The summed E-state index contributed by atoms with van der Waals surface area (Å²) in [6.07, 6.45) is 5.23. The van der Waals surface area contributed by atoms with Crippen molar-refractivity contribution >= 4 is 17.5 Å². The molecule has 2 aromatic rings. The van der Waals surface area contributed by atoms with Gasteiger partial charge < -0.3 is 10.6 Å². The van der Waals surface area contributed by atoms with Crippen LogP contribution in [0.1, 0.15) is 43.5 Å². The molecule has 3 N–H and O–H groups in total. The summed E-state index contributed by atoms with van der Waals surface area (Å²) < 4.78 is 0. The van der Waals surface area contributed by atoms with E-state index in [-0.39, 0.29) is 5.69 Å². The van der Waals surface area contributed by atoms with E-state index >= 15 is 0 Å². The SMILES string of the molecule is CNc1nc(Nc2cc(C3CCC(C)C3)[nH]n2)cnc1C#N. The standard InChI is InChI=1S/C15H19N7/c1-9-3-4-10(5-9)11-6-13(22-21-11)19-14-8-18-12(7-16)15(17-2)20-14/h6,8-10H,3-5H2,1-2H3,(H3,17,19,20,21,22). The number of nitriles is 1. The van der Waals surface area contributed by atoms with E-state index < -0.39 is 0 Å². The molecule has 0 saturated heterocycles. The zero-order chi connectivity index (χ0) is 15.5. The van der Waals surface area contributed by atoms with Crippen molar-refractivity contribution < 1.29 is 0 Å². The van der Waals surface area contributed by atoms with Gasteiger partial charge in [-0.15, -0.1) is 0 Å². The van der Waals surface area contributed by atoms with E-state index in [0.29, 0.717) is 17.6 Å². The molecule has 22 heavy (non-hydrogen) atoms. The van der Waals surface area contributed by atoms with Gasteiger partial charge in [-0.2, -0.15) is 10.4 Å². The molecule has 1 aliphatic carbocycles. The van der Waals surface area contributed by atoms with Gasteiger partial charge >= 0.3 is 0 Å². The van der Waals surface area contributed by atoms with Crippen molar-refractivity contribution in [3.05, 3.63) is 23.7 Å². The number of anilines is 3. The van der Waals surface area contributed by atoms with Crippen LogP contribution >= 0.6 is 0 Å². The number of aromatic nitrogens is 4. The zero-order valence-electron chi connectivity index (χ0n) is 12.7. The van der Waals surface area contributed by atoms with Crippen molar-refractivity contribution in [2.24, 2.45) is 5.92 Å². The van der Waals surface area contributed by atoms with Crippen molar-refractivity contribution in [3.63, 3.8) is 0 Å². The Hall–Kier alpha value is -2.62. The van der Waals surface area contributed by atoms with Crippen LogP contribution in [0.25, 0.3) is 0 Å². The van der Waals surface area contributed by atoms with Crippen molar-refractivity contribution in [3.8, 4) is 6.07 Å². The van der Waals surface area contributed by atoms with Crippen molar-refractivity contribution in [1.29, 1.82) is 5.26 Å². The molecule has 7 heteroatoms. The monoisotopic (exact) mass is 297 g/mol. The minimum absolute atomic E-state index is 0.274. The van der Waals surface area contributed by atoms with E-state index in [1.165, 1.54) is 31.2 Å². The van der Waals surface area contributed by atoms with Crippen LogP contribution in [0, 0.1) is 17.2 Å². The second-order valence-corrected chi connectivity index (χ2v) is 5.76. The van der Waals surface area contributed by atoms with E-state index in [1.54, 1.807) is 7.05 Å². The van der Waals surface area contributed by atoms with Gasteiger partial charge in [0.05, 0.1) is 6.20 Å². The summed E-state index contributed by atoms with van der Waals surface area (Å²) in [5, 5.41) is 22.3. The fourth-order valence-corrected chi connectivity index (χ4v) is 2.94. The smallest absolute Gasteiger partial charge is 0.183 e. The quantitative estimate of drug-likeness (QED) is 0.802. The van der Waals surface area contributed by atoms with Gasteiger partial charge in [0.15, 0.2) is 23.1 Å². The van der Waals surface area contributed by atoms with Gasteiger partial charge in [-0.3, -0.25) is 5.10 Å². The first-order valence-corrected chi connectivity index (χ1v) is 7.46. The molecule has 0 aromatic carbocycles. The lowest BCUT2D eigenvalue weighted by molar-refractivity contribution is 0.591. The molecule has 0 aliphatic heterocycles. The van der Waals surface area contributed by atoms with E-state index in [0.717, 1.165) is 11.7 Å². The Morgan fingerprint density at radius 3 is 2.91 bits per heavy atom. The van der Waals surface area contributed by atoms with Crippen LogP contribution in [0.5, 0.6) is 0 Å². The fourth-order valence-electron chi connectivity index (χ4n) is 2.94. The highest BCUT2D eigenvalue weighted by molar-refractivity contribution is 5.57. The van der Waals surface area contributed by atoms with Gasteiger partial charge in [-0.25, -0.2) is 9.97 Å². The third kappa shape index (κ3) is 2.86. The van der Waals surface area contributed by atoms with Crippen LogP contribution in [0.2, 0.25) is 0 Å². The number of rotatable bonds is 4. The Labute approximate surface area is 129 Å². The predicted octanol–water partition coefficient (Wildman–Crippen LogP) is 2.76. The van der Waals surface area contributed by atoms with Crippen molar-refractivity contribution in [1.82, 2.24) is 20.2 Å². The van der Waals surface area contributed by atoms with E-state index in [4.69, 9.17) is 5.26 Å². The summed E-state index contributed by atoms with van der Waals surface area (Å²) in [4.78, 5) is 8.39. The summed E-state index contributed by atoms with van der Waals surface area (Å²) in [6, 6.07) is 4.03. The van der Waals surface area contributed by atoms with E-state index in [1.807, 2.05) is 12.1 Å². The highest BCUT2D eigenvalue weighted by Gasteiger charge is 2.24. The average molecular weight is 297 g/mol. The van der Waals surface area contributed by atoms with Crippen LogP contribution in [0.4, 0.5) is 17.5 Å². The molecule has 2 aromatic heterocycles. The number of hydrogen-bond donors (Lipinski definition) is 3. The van der Waals surface area contributed by atoms with Crippen LogP contribution in [-0.2, 0) is 0 Å². The molecule has 114 valence electrons. The zero-order valence-corrected chi connectivity index (χ0v) is 12.7. The topological polar surface area (TPSA) is 102 Å². The summed E-state index contributed by atoms with van der Waals surface area (Å²) in [5.74, 6) is 3.08. The second kappa shape index (κ2) is 6.02. The maximum Gasteiger partial charge on any atom is 0.183 e. The molecule has 2 heterocycles. The maximum absolute atomic E-state index is 8.95. The molecule has 1 aliphatic rings. The summed E-state index contributed by atoms with van der Waals surface area (Å²) in [7, 11) is 1.71. The summed E-state index contributed by atoms with van der Waals surface area (Å²) in [6.45, 7) is 2.29. The summed E-state index contributed by atoms with van der Waals surface area (Å²) >= 11 is 0. The van der Waals surface area contributed by atoms with E-state index in [2.05, 4.69) is 37.7 Å². The molecular weight excluding hydrogens is 278 g/mol. The van der Waals surface area contributed by atoms with Crippen molar-refractivity contribution in [2.45, 2.75) is 32.1 Å². The number of H-pyrrole nitrogens is 1. The molecule has 3 rings (SSSR count). The predicted molar refractivity (Wildman–Crippen MR) is 83.9 cm³/mol. The van der Waals surface area contributed by atoms with Crippen molar-refractivity contribution in [2.75, 3.05) is 17.7 Å².